The number of nitrogens with zero attached hydrogens (tertiary/aromatic N) is 4. The van der Waals surface area contributed by atoms with Crippen LogP contribution in [0.3, 0.4) is 0 Å². The maximum atomic E-state index is 12.9. The van der Waals surface area contributed by atoms with Crippen molar-refractivity contribution in [3.8, 4) is 0 Å². The van der Waals surface area contributed by atoms with E-state index in [2.05, 4.69) is 4.98 Å². The van der Waals surface area contributed by atoms with Crippen molar-refractivity contribution >= 4 is 26.8 Å². The van der Waals surface area contributed by atoms with Gasteiger partial charge in [0.25, 0.3) is 5.56 Å². The molecule has 1 aromatic carbocycles. The first-order chi connectivity index (χ1) is 12.8. The number of fused-ring (bicyclic) bond motifs is 5. The molecule has 8 nitrogen and oxygen atoms in total. The minimum absolute atomic E-state index is 0.0846. The van der Waals surface area contributed by atoms with Gasteiger partial charge in [0.05, 0.1) is 23.5 Å². The zero-order valence-corrected chi connectivity index (χ0v) is 15.9. The fourth-order valence-corrected chi connectivity index (χ4v) is 4.99. The van der Waals surface area contributed by atoms with Crippen molar-refractivity contribution in [2.75, 3.05) is 25.9 Å². The Balaban J connectivity index is 1.57. The molecule has 1 amide bonds. The van der Waals surface area contributed by atoms with Crippen LogP contribution in [0.5, 0.6) is 0 Å². The van der Waals surface area contributed by atoms with Crippen LogP contribution in [0.2, 0.25) is 0 Å². The number of benzene rings is 1. The fourth-order valence-electron chi connectivity index (χ4n) is 4.07. The Bertz CT molecular complexity index is 1050. The van der Waals surface area contributed by atoms with Gasteiger partial charge >= 0.3 is 0 Å². The number of carbonyl (C=O) groups is 1. The van der Waals surface area contributed by atoms with Crippen molar-refractivity contribution in [3.63, 3.8) is 0 Å². The molecule has 2 bridgehead atoms. The molecule has 2 aromatic rings. The first kappa shape index (κ1) is 18.1. The lowest BCUT2D eigenvalue weighted by Crippen LogP contribution is -2.49. The van der Waals surface area contributed by atoms with Gasteiger partial charge in [-0.1, -0.05) is 12.1 Å². The molecule has 3 fully saturated rings. The number of hydrogen-bond acceptors (Lipinski definition) is 5. The number of para-hydroxylation sites is 1. The summed E-state index contributed by atoms with van der Waals surface area (Å²) in [6, 6.07) is 6.90. The Morgan fingerprint density at radius 1 is 1.19 bits per heavy atom. The van der Waals surface area contributed by atoms with Crippen LogP contribution >= 0.6 is 0 Å². The van der Waals surface area contributed by atoms with Crippen molar-refractivity contribution in [1.82, 2.24) is 18.8 Å². The van der Waals surface area contributed by atoms with Gasteiger partial charge in [-0.25, -0.2) is 13.4 Å². The molecule has 0 N–H and O–H groups in total. The van der Waals surface area contributed by atoms with E-state index in [1.807, 2.05) is 6.07 Å². The molecule has 0 unspecified atom stereocenters. The van der Waals surface area contributed by atoms with Gasteiger partial charge in [0.2, 0.25) is 15.9 Å². The second kappa shape index (κ2) is 6.72. The van der Waals surface area contributed by atoms with Crippen LogP contribution in [-0.2, 0) is 21.4 Å². The molecule has 27 heavy (non-hydrogen) atoms. The summed E-state index contributed by atoms with van der Waals surface area (Å²) < 4.78 is 26.7. The van der Waals surface area contributed by atoms with Gasteiger partial charge in [-0.05, 0) is 30.9 Å². The van der Waals surface area contributed by atoms with Crippen LogP contribution in [0.1, 0.15) is 12.8 Å². The van der Waals surface area contributed by atoms with E-state index in [-0.39, 0.29) is 30.0 Å². The zero-order valence-electron chi connectivity index (χ0n) is 15.1. The van der Waals surface area contributed by atoms with Crippen LogP contribution in [0, 0.1) is 5.92 Å². The number of piperidine rings is 1. The lowest BCUT2D eigenvalue weighted by molar-refractivity contribution is -0.136. The summed E-state index contributed by atoms with van der Waals surface area (Å²) in [5.41, 5.74) is 0.357. The monoisotopic (exact) mass is 390 g/mol. The van der Waals surface area contributed by atoms with Crippen molar-refractivity contribution in [2.24, 2.45) is 5.92 Å². The van der Waals surface area contributed by atoms with Gasteiger partial charge in [-0.15, -0.1) is 0 Å². The van der Waals surface area contributed by atoms with E-state index in [9.17, 15) is 18.0 Å². The highest BCUT2D eigenvalue weighted by Gasteiger charge is 2.39. The highest BCUT2D eigenvalue weighted by molar-refractivity contribution is 7.88. The smallest absolute Gasteiger partial charge is 0.261 e. The highest BCUT2D eigenvalue weighted by atomic mass is 32.2. The van der Waals surface area contributed by atoms with Crippen LogP contribution in [-0.4, -0.2) is 65.0 Å². The zero-order chi connectivity index (χ0) is 19.2. The van der Waals surface area contributed by atoms with Crippen LogP contribution < -0.4 is 5.56 Å². The number of amides is 1. The van der Waals surface area contributed by atoms with Gasteiger partial charge < -0.3 is 4.90 Å². The molecule has 9 heteroatoms. The third-order valence-electron chi connectivity index (χ3n) is 5.51. The standard InChI is InChI=1S/C18H22N4O4S/c1-27(25,26)21-8-13-6-7-14(10-21)22(9-13)17(23)11-20-12-19-16-5-3-2-4-15(16)18(20)24/h2-5,12-14H,6-11H2,1H3/t13-,14+/m1/s1. The van der Waals surface area contributed by atoms with E-state index in [1.165, 1.54) is 21.5 Å². The Morgan fingerprint density at radius 3 is 2.74 bits per heavy atom. The number of rotatable bonds is 3. The Kier molecular flexibility index (Phi) is 4.51. The third kappa shape index (κ3) is 3.49. The minimum atomic E-state index is -3.28. The van der Waals surface area contributed by atoms with Crippen molar-refractivity contribution in [1.29, 1.82) is 0 Å². The van der Waals surface area contributed by atoms with Gasteiger partial charge in [0.1, 0.15) is 6.54 Å². The molecule has 0 aliphatic carbocycles. The summed E-state index contributed by atoms with van der Waals surface area (Å²) in [5.74, 6) is -0.0342. The van der Waals surface area contributed by atoms with E-state index in [0.29, 0.717) is 30.5 Å². The van der Waals surface area contributed by atoms with E-state index >= 15 is 0 Å². The largest absolute Gasteiger partial charge is 0.337 e. The van der Waals surface area contributed by atoms with E-state index in [4.69, 9.17) is 0 Å². The van der Waals surface area contributed by atoms with Crippen molar-refractivity contribution in [3.05, 3.63) is 40.9 Å². The average Bonchev–Trinajstić information content (AvgIpc) is 2.96. The molecular formula is C18H22N4O4S. The first-order valence-corrected chi connectivity index (χ1v) is 10.9. The van der Waals surface area contributed by atoms with Crippen LogP contribution in [0.25, 0.3) is 10.9 Å². The quantitative estimate of drug-likeness (QED) is 0.751. The fraction of sp³-hybridized carbons (Fsp3) is 0.500. The molecule has 1 aromatic heterocycles. The molecule has 0 radical (unpaired) electrons. The maximum absolute atomic E-state index is 12.9. The van der Waals surface area contributed by atoms with Crippen LogP contribution in [0.4, 0.5) is 0 Å². The van der Waals surface area contributed by atoms with E-state index < -0.39 is 10.0 Å². The molecule has 3 aliphatic rings. The second-order valence-electron chi connectivity index (χ2n) is 7.42. The molecule has 144 valence electrons. The summed E-state index contributed by atoms with van der Waals surface area (Å²) >= 11 is 0. The third-order valence-corrected chi connectivity index (χ3v) is 6.74. The molecule has 2 atom stereocenters. The summed E-state index contributed by atoms with van der Waals surface area (Å²) in [5, 5.41) is 0.480. The van der Waals surface area contributed by atoms with Crippen LogP contribution in [0.15, 0.2) is 35.4 Å². The Hall–Kier alpha value is -2.26. The molecular weight excluding hydrogens is 368 g/mol. The van der Waals surface area contributed by atoms with Crippen molar-refractivity contribution in [2.45, 2.75) is 25.4 Å². The van der Waals surface area contributed by atoms with Gasteiger partial charge in [-0.3, -0.25) is 14.2 Å². The predicted molar refractivity (Wildman–Crippen MR) is 101 cm³/mol. The normalized spacial score (nSPS) is 23.5. The topological polar surface area (TPSA) is 92.6 Å². The second-order valence-corrected chi connectivity index (χ2v) is 9.40. The number of aromatic nitrogens is 2. The molecule has 3 saturated heterocycles. The summed E-state index contributed by atoms with van der Waals surface area (Å²) in [4.78, 5) is 31.6. The SMILES string of the molecule is CS(=O)(=O)N1C[C@H]2CC[C@@H](C1)N(C(=O)Cn1cnc3ccccc3c1=O)C2. The summed E-state index contributed by atoms with van der Waals surface area (Å²) in [6.07, 6.45) is 4.32. The lowest BCUT2D eigenvalue weighted by atomic mass is 9.95. The van der Waals surface area contributed by atoms with E-state index in [0.717, 1.165) is 12.8 Å². The average molecular weight is 390 g/mol. The number of carbonyl (C=O) groups excluding carboxylic acids is 1. The summed E-state index contributed by atoms with van der Waals surface area (Å²) in [6.45, 7) is 1.23. The molecule has 0 spiro atoms. The number of hydrogen-bond donors (Lipinski definition) is 0. The summed E-state index contributed by atoms with van der Waals surface area (Å²) in [7, 11) is -3.28. The molecule has 3 aliphatic heterocycles. The van der Waals surface area contributed by atoms with E-state index in [1.54, 1.807) is 23.1 Å². The minimum Gasteiger partial charge on any atom is -0.337 e. The Morgan fingerprint density at radius 2 is 1.96 bits per heavy atom. The lowest BCUT2D eigenvalue weighted by Gasteiger charge is -2.36. The Labute approximate surface area is 157 Å². The van der Waals surface area contributed by atoms with Crippen molar-refractivity contribution < 1.29 is 13.2 Å². The van der Waals surface area contributed by atoms with Gasteiger partial charge in [-0.2, -0.15) is 4.31 Å². The van der Waals surface area contributed by atoms with Gasteiger partial charge in [0, 0.05) is 25.7 Å². The highest BCUT2D eigenvalue weighted by Crippen LogP contribution is 2.29. The molecule has 5 rings (SSSR count). The predicted octanol–water partition coefficient (Wildman–Crippen LogP) is 0.279. The first-order valence-electron chi connectivity index (χ1n) is 9.01. The molecule has 0 saturated carbocycles. The maximum Gasteiger partial charge on any atom is 0.261 e. The van der Waals surface area contributed by atoms with Gasteiger partial charge in [0.15, 0.2) is 0 Å². The number of sulfonamides is 1. The molecule has 4 heterocycles.